The summed E-state index contributed by atoms with van der Waals surface area (Å²) in [5, 5.41) is 9.71. The summed E-state index contributed by atoms with van der Waals surface area (Å²) in [4.78, 5) is 0. The minimum atomic E-state index is -0.289. The number of halogens is 1. The monoisotopic (exact) mass is 323 g/mol. The Bertz CT molecular complexity index is 854. The molecule has 5 heteroatoms. The SMILES string of the molecule is Fc1ccc(NC(=S)N/N=C/c2cccc3ccccc23)cc1. The van der Waals surface area contributed by atoms with Gasteiger partial charge in [-0.15, -0.1) is 0 Å². The first-order chi connectivity index (χ1) is 11.2. The summed E-state index contributed by atoms with van der Waals surface area (Å²) in [6.45, 7) is 0. The third kappa shape index (κ3) is 3.90. The first-order valence-electron chi connectivity index (χ1n) is 7.06. The molecule has 0 amide bonds. The summed E-state index contributed by atoms with van der Waals surface area (Å²) in [5.74, 6) is -0.289. The summed E-state index contributed by atoms with van der Waals surface area (Å²) in [5.41, 5.74) is 4.45. The van der Waals surface area contributed by atoms with Gasteiger partial charge in [-0.05, 0) is 47.3 Å². The van der Waals surface area contributed by atoms with Crippen LogP contribution in [0.1, 0.15) is 5.56 Å². The zero-order chi connectivity index (χ0) is 16.1. The van der Waals surface area contributed by atoms with Crippen molar-refractivity contribution in [1.29, 1.82) is 0 Å². The maximum atomic E-state index is 12.8. The molecule has 0 saturated carbocycles. The molecule has 0 bridgehead atoms. The average molecular weight is 323 g/mol. The van der Waals surface area contributed by atoms with Gasteiger partial charge in [0.05, 0.1) is 6.21 Å². The third-order valence-electron chi connectivity index (χ3n) is 3.30. The first-order valence-corrected chi connectivity index (χ1v) is 7.46. The Hall–Kier alpha value is -2.79. The number of fused-ring (bicyclic) bond motifs is 1. The average Bonchev–Trinajstić information content (AvgIpc) is 2.57. The third-order valence-corrected chi connectivity index (χ3v) is 3.49. The molecule has 3 nitrogen and oxygen atoms in total. The molecule has 0 saturated heterocycles. The number of benzene rings is 3. The van der Waals surface area contributed by atoms with Gasteiger partial charge in [-0.3, -0.25) is 5.43 Å². The topological polar surface area (TPSA) is 36.4 Å². The van der Waals surface area contributed by atoms with Gasteiger partial charge >= 0.3 is 0 Å². The van der Waals surface area contributed by atoms with Crippen LogP contribution in [0.3, 0.4) is 0 Å². The zero-order valence-electron chi connectivity index (χ0n) is 12.2. The number of rotatable bonds is 3. The number of thiocarbonyl (C=S) groups is 1. The predicted molar refractivity (Wildman–Crippen MR) is 97.3 cm³/mol. The molecule has 0 aromatic heterocycles. The number of hydrogen-bond acceptors (Lipinski definition) is 2. The predicted octanol–water partition coefficient (Wildman–Crippen LogP) is 4.30. The molecule has 0 fully saturated rings. The highest BCUT2D eigenvalue weighted by atomic mass is 32.1. The lowest BCUT2D eigenvalue weighted by molar-refractivity contribution is 0.628. The number of nitrogens with one attached hydrogen (secondary N) is 2. The van der Waals surface area contributed by atoms with Crippen LogP contribution in [0.2, 0.25) is 0 Å². The second kappa shape index (κ2) is 6.98. The van der Waals surface area contributed by atoms with Crippen LogP contribution in [-0.2, 0) is 0 Å². The summed E-state index contributed by atoms with van der Waals surface area (Å²) in [6.07, 6.45) is 1.72. The van der Waals surface area contributed by atoms with E-state index in [-0.39, 0.29) is 5.82 Å². The number of nitrogens with zero attached hydrogens (tertiary/aromatic N) is 1. The molecule has 0 unspecified atom stereocenters. The van der Waals surface area contributed by atoms with Crippen molar-refractivity contribution in [3.05, 3.63) is 78.1 Å². The molecule has 0 aliphatic rings. The zero-order valence-corrected chi connectivity index (χ0v) is 13.0. The van der Waals surface area contributed by atoms with Gasteiger partial charge in [0, 0.05) is 11.3 Å². The minimum absolute atomic E-state index is 0.289. The Morgan fingerprint density at radius 1 is 0.957 bits per heavy atom. The highest BCUT2D eigenvalue weighted by molar-refractivity contribution is 7.80. The molecule has 2 N–H and O–H groups in total. The van der Waals surface area contributed by atoms with Crippen molar-refractivity contribution in [1.82, 2.24) is 5.43 Å². The van der Waals surface area contributed by atoms with Crippen molar-refractivity contribution in [3.8, 4) is 0 Å². The van der Waals surface area contributed by atoms with Crippen LogP contribution in [-0.4, -0.2) is 11.3 Å². The maximum absolute atomic E-state index is 12.8. The molecule has 0 spiro atoms. The molecule has 0 heterocycles. The Labute approximate surface area is 138 Å². The Morgan fingerprint density at radius 2 is 1.70 bits per heavy atom. The number of hydrazone groups is 1. The standard InChI is InChI=1S/C18H14FN3S/c19-15-8-10-16(11-9-15)21-18(23)22-20-12-14-6-3-5-13-4-1-2-7-17(13)14/h1-12H,(H2,21,22,23)/b20-12+. The van der Waals surface area contributed by atoms with Gasteiger partial charge in [-0.1, -0.05) is 42.5 Å². The van der Waals surface area contributed by atoms with E-state index in [0.717, 1.165) is 16.3 Å². The molecular formula is C18H14FN3S. The van der Waals surface area contributed by atoms with Crippen LogP contribution >= 0.6 is 12.2 Å². The Balaban J connectivity index is 1.66. The normalized spacial score (nSPS) is 10.8. The van der Waals surface area contributed by atoms with E-state index >= 15 is 0 Å². The van der Waals surface area contributed by atoms with Gasteiger partial charge in [0.15, 0.2) is 5.11 Å². The van der Waals surface area contributed by atoms with E-state index in [1.165, 1.54) is 12.1 Å². The van der Waals surface area contributed by atoms with Crippen LogP contribution in [0.5, 0.6) is 0 Å². The summed E-state index contributed by atoms with van der Waals surface area (Å²) in [6, 6.07) is 20.1. The number of hydrogen-bond donors (Lipinski definition) is 2. The van der Waals surface area contributed by atoms with E-state index < -0.39 is 0 Å². The second-order valence-corrected chi connectivity index (χ2v) is 5.31. The smallest absolute Gasteiger partial charge is 0.191 e. The van der Waals surface area contributed by atoms with Crippen molar-refractivity contribution in [2.75, 3.05) is 5.32 Å². The van der Waals surface area contributed by atoms with Gasteiger partial charge in [0.25, 0.3) is 0 Å². The fourth-order valence-electron chi connectivity index (χ4n) is 2.22. The molecule has 114 valence electrons. The number of anilines is 1. The minimum Gasteiger partial charge on any atom is -0.331 e. The lowest BCUT2D eigenvalue weighted by atomic mass is 10.1. The molecule has 0 aliphatic carbocycles. The lowest BCUT2D eigenvalue weighted by Crippen LogP contribution is -2.23. The van der Waals surface area contributed by atoms with Crippen molar-refractivity contribution in [3.63, 3.8) is 0 Å². The van der Waals surface area contributed by atoms with Gasteiger partial charge in [-0.25, -0.2) is 4.39 Å². The first kappa shape index (κ1) is 15.1. The van der Waals surface area contributed by atoms with E-state index in [4.69, 9.17) is 12.2 Å². The highest BCUT2D eigenvalue weighted by Gasteiger charge is 1.98. The summed E-state index contributed by atoms with van der Waals surface area (Å²) >= 11 is 5.15. The van der Waals surface area contributed by atoms with E-state index in [1.807, 2.05) is 30.3 Å². The Morgan fingerprint density at radius 3 is 2.52 bits per heavy atom. The van der Waals surface area contributed by atoms with Gasteiger partial charge in [-0.2, -0.15) is 5.10 Å². The maximum Gasteiger partial charge on any atom is 0.191 e. The van der Waals surface area contributed by atoms with Crippen molar-refractivity contribution >= 4 is 40.0 Å². The van der Waals surface area contributed by atoms with Crippen molar-refractivity contribution in [2.24, 2.45) is 5.10 Å². The summed E-state index contributed by atoms with van der Waals surface area (Å²) in [7, 11) is 0. The van der Waals surface area contributed by atoms with E-state index in [2.05, 4.69) is 28.0 Å². The van der Waals surface area contributed by atoms with Crippen LogP contribution in [0.25, 0.3) is 10.8 Å². The lowest BCUT2D eigenvalue weighted by Gasteiger charge is -2.07. The van der Waals surface area contributed by atoms with Gasteiger partial charge < -0.3 is 5.32 Å². The quantitative estimate of drug-likeness (QED) is 0.429. The van der Waals surface area contributed by atoms with E-state index in [1.54, 1.807) is 18.3 Å². The highest BCUT2D eigenvalue weighted by Crippen LogP contribution is 2.16. The molecule has 0 aliphatic heterocycles. The van der Waals surface area contributed by atoms with Crippen LogP contribution in [0, 0.1) is 5.82 Å². The van der Waals surface area contributed by atoms with Gasteiger partial charge in [0.2, 0.25) is 0 Å². The fraction of sp³-hybridized carbons (Fsp3) is 0. The van der Waals surface area contributed by atoms with Crippen LogP contribution < -0.4 is 10.7 Å². The largest absolute Gasteiger partial charge is 0.331 e. The van der Waals surface area contributed by atoms with E-state index in [9.17, 15) is 4.39 Å². The summed E-state index contributed by atoms with van der Waals surface area (Å²) < 4.78 is 12.8. The van der Waals surface area contributed by atoms with E-state index in [0.29, 0.717) is 10.8 Å². The van der Waals surface area contributed by atoms with Crippen molar-refractivity contribution < 1.29 is 4.39 Å². The molecule has 3 rings (SSSR count). The molecule has 3 aromatic carbocycles. The molecule has 0 atom stereocenters. The Kier molecular flexibility index (Phi) is 4.59. The fourth-order valence-corrected chi connectivity index (χ4v) is 2.39. The second-order valence-electron chi connectivity index (χ2n) is 4.90. The van der Waals surface area contributed by atoms with Crippen LogP contribution in [0.4, 0.5) is 10.1 Å². The molecule has 23 heavy (non-hydrogen) atoms. The van der Waals surface area contributed by atoms with Crippen molar-refractivity contribution in [2.45, 2.75) is 0 Å². The molecular weight excluding hydrogens is 309 g/mol. The van der Waals surface area contributed by atoms with Crippen LogP contribution in [0.15, 0.2) is 71.8 Å². The molecule has 0 radical (unpaired) electrons. The molecule has 3 aromatic rings. The van der Waals surface area contributed by atoms with Gasteiger partial charge in [0.1, 0.15) is 5.82 Å².